The Morgan fingerprint density at radius 2 is 2.00 bits per heavy atom. The Morgan fingerprint density at radius 3 is 2.72 bits per heavy atom. The maximum absolute atomic E-state index is 12.1. The molecule has 0 fully saturated rings. The highest BCUT2D eigenvalue weighted by Crippen LogP contribution is 2.21. The number of halogens is 1. The number of carbonyl (C=O) groups is 1. The topological polar surface area (TPSA) is 42.0 Å². The van der Waals surface area contributed by atoms with Crippen molar-refractivity contribution in [3.8, 4) is 0 Å². The number of aromatic nitrogens is 1. The van der Waals surface area contributed by atoms with Crippen LogP contribution in [0.4, 0.5) is 5.69 Å². The molecule has 3 nitrogen and oxygen atoms in total. The summed E-state index contributed by atoms with van der Waals surface area (Å²) < 4.78 is 0.932. The lowest BCUT2D eigenvalue weighted by Gasteiger charge is -2.09. The Labute approximate surface area is 114 Å². The fraction of sp³-hybridized carbons (Fsp3) is 0.143. The summed E-state index contributed by atoms with van der Waals surface area (Å²) in [4.78, 5) is 16.2. The van der Waals surface area contributed by atoms with Gasteiger partial charge in [0.15, 0.2) is 0 Å². The largest absolute Gasteiger partial charge is 0.320 e. The third-order valence-electron chi connectivity index (χ3n) is 2.67. The van der Waals surface area contributed by atoms with Crippen LogP contribution in [-0.4, -0.2) is 10.9 Å². The van der Waals surface area contributed by atoms with Crippen molar-refractivity contribution in [2.24, 2.45) is 0 Å². The molecule has 4 heteroatoms. The first-order chi connectivity index (χ1) is 8.58. The number of amides is 1. The van der Waals surface area contributed by atoms with Crippen molar-refractivity contribution in [1.29, 1.82) is 0 Å². The van der Waals surface area contributed by atoms with E-state index in [1.165, 1.54) is 0 Å². The van der Waals surface area contributed by atoms with Crippen LogP contribution in [0.2, 0.25) is 0 Å². The predicted molar refractivity (Wildman–Crippen MR) is 75.8 cm³/mol. The third kappa shape index (κ3) is 2.76. The van der Waals surface area contributed by atoms with Crippen molar-refractivity contribution in [2.45, 2.75) is 13.8 Å². The number of rotatable bonds is 2. The number of benzene rings is 1. The molecule has 0 unspecified atom stereocenters. The van der Waals surface area contributed by atoms with Crippen molar-refractivity contribution in [3.05, 3.63) is 57.8 Å². The molecule has 18 heavy (non-hydrogen) atoms. The minimum absolute atomic E-state index is 0.186. The Kier molecular flexibility index (Phi) is 3.77. The predicted octanol–water partition coefficient (Wildman–Crippen LogP) is 3.71. The second-order valence-corrected chi connectivity index (χ2v) is 5.00. The summed E-state index contributed by atoms with van der Waals surface area (Å²) in [5.74, 6) is -0.186. The second kappa shape index (κ2) is 5.31. The summed E-state index contributed by atoms with van der Waals surface area (Å²) in [6.07, 6.45) is 1.62. The van der Waals surface area contributed by atoms with Crippen LogP contribution in [0.1, 0.15) is 21.6 Å². The first kappa shape index (κ1) is 12.8. The van der Waals surface area contributed by atoms with Crippen LogP contribution < -0.4 is 5.32 Å². The number of aryl methyl sites for hydroxylation is 2. The summed E-state index contributed by atoms with van der Waals surface area (Å²) in [5.41, 5.74) is 3.12. The Balaban J connectivity index is 2.27. The van der Waals surface area contributed by atoms with Gasteiger partial charge in [0.2, 0.25) is 0 Å². The highest BCUT2D eigenvalue weighted by molar-refractivity contribution is 9.10. The van der Waals surface area contributed by atoms with E-state index in [0.29, 0.717) is 5.69 Å². The first-order valence-corrected chi connectivity index (χ1v) is 6.36. The van der Waals surface area contributed by atoms with E-state index < -0.39 is 0 Å². The van der Waals surface area contributed by atoms with Crippen LogP contribution in [0.25, 0.3) is 0 Å². The van der Waals surface area contributed by atoms with Crippen molar-refractivity contribution in [3.63, 3.8) is 0 Å². The average molecular weight is 305 g/mol. The molecule has 1 amide bonds. The van der Waals surface area contributed by atoms with Crippen LogP contribution in [0.15, 0.2) is 41.0 Å². The van der Waals surface area contributed by atoms with Crippen LogP contribution in [0.3, 0.4) is 0 Å². The van der Waals surface area contributed by atoms with Gasteiger partial charge in [-0.1, -0.05) is 28.1 Å². The molecule has 0 saturated heterocycles. The molecular weight excluding hydrogens is 292 g/mol. The molecular formula is C14H13BrN2O. The van der Waals surface area contributed by atoms with Gasteiger partial charge in [0.1, 0.15) is 5.69 Å². The fourth-order valence-electron chi connectivity index (χ4n) is 1.63. The van der Waals surface area contributed by atoms with E-state index in [0.717, 1.165) is 21.3 Å². The Morgan fingerprint density at radius 1 is 1.22 bits per heavy atom. The van der Waals surface area contributed by atoms with Crippen molar-refractivity contribution < 1.29 is 4.79 Å². The molecule has 0 saturated carbocycles. The lowest BCUT2D eigenvalue weighted by Crippen LogP contribution is -2.15. The zero-order valence-electron chi connectivity index (χ0n) is 10.2. The van der Waals surface area contributed by atoms with E-state index in [9.17, 15) is 4.79 Å². The molecule has 1 N–H and O–H groups in total. The number of pyridine rings is 1. The molecule has 0 aliphatic rings. The highest BCUT2D eigenvalue weighted by atomic mass is 79.9. The Hall–Kier alpha value is -1.68. The number of nitrogens with zero attached hydrogens (tertiary/aromatic N) is 1. The average Bonchev–Trinajstić information content (AvgIpc) is 2.34. The first-order valence-electron chi connectivity index (χ1n) is 5.57. The fourth-order valence-corrected chi connectivity index (χ4v) is 1.99. The molecule has 2 aromatic rings. The van der Waals surface area contributed by atoms with E-state index in [-0.39, 0.29) is 5.91 Å². The van der Waals surface area contributed by atoms with Gasteiger partial charge in [0.05, 0.1) is 0 Å². The van der Waals surface area contributed by atoms with Gasteiger partial charge in [-0.2, -0.15) is 0 Å². The molecule has 2 rings (SSSR count). The van der Waals surface area contributed by atoms with Gasteiger partial charge in [-0.15, -0.1) is 0 Å². The molecule has 92 valence electrons. The minimum atomic E-state index is -0.186. The third-order valence-corrected chi connectivity index (χ3v) is 3.17. The number of hydrogen-bond acceptors (Lipinski definition) is 2. The molecule has 1 heterocycles. The van der Waals surface area contributed by atoms with Crippen LogP contribution in [-0.2, 0) is 0 Å². The van der Waals surface area contributed by atoms with Gasteiger partial charge in [-0.05, 0) is 43.2 Å². The van der Waals surface area contributed by atoms with Gasteiger partial charge in [-0.3, -0.25) is 9.78 Å². The summed E-state index contributed by atoms with van der Waals surface area (Å²) in [6.45, 7) is 3.82. The Bertz CT molecular complexity index is 596. The maximum atomic E-state index is 12.1. The minimum Gasteiger partial charge on any atom is -0.320 e. The normalized spacial score (nSPS) is 10.2. The maximum Gasteiger partial charge on any atom is 0.274 e. The lowest BCUT2D eigenvalue weighted by molar-refractivity contribution is 0.102. The summed E-state index contributed by atoms with van der Waals surface area (Å²) in [6, 6.07) is 9.46. The zero-order valence-corrected chi connectivity index (χ0v) is 11.8. The van der Waals surface area contributed by atoms with E-state index in [1.807, 2.05) is 44.2 Å². The van der Waals surface area contributed by atoms with Crippen molar-refractivity contribution in [1.82, 2.24) is 4.98 Å². The van der Waals surface area contributed by atoms with Crippen molar-refractivity contribution in [2.75, 3.05) is 5.32 Å². The number of hydrogen-bond donors (Lipinski definition) is 1. The zero-order chi connectivity index (χ0) is 13.1. The lowest BCUT2D eigenvalue weighted by atomic mass is 10.1. The molecule has 0 radical (unpaired) electrons. The number of anilines is 1. The molecule has 0 aliphatic heterocycles. The van der Waals surface area contributed by atoms with Gasteiger partial charge in [0, 0.05) is 16.4 Å². The van der Waals surface area contributed by atoms with Gasteiger partial charge < -0.3 is 5.32 Å². The molecule has 1 aromatic heterocycles. The van der Waals surface area contributed by atoms with E-state index in [2.05, 4.69) is 26.2 Å². The van der Waals surface area contributed by atoms with Gasteiger partial charge >= 0.3 is 0 Å². The van der Waals surface area contributed by atoms with E-state index >= 15 is 0 Å². The molecule has 1 aromatic carbocycles. The number of carbonyl (C=O) groups excluding carboxylic acids is 1. The van der Waals surface area contributed by atoms with Crippen molar-refractivity contribution >= 4 is 27.5 Å². The molecule has 0 spiro atoms. The highest BCUT2D eigenvalue weighted by Gasteiger charge is 2.11. The standard InChI is InChI=1S/C14H13BrN2O/c1-9-5-6-11(15)8-12(9)17-14(18)13-10(2)4-3-7-16-13/h3-8H,1-2H3,(H,17,18). The molecule has 0 bridgehead atoms. The summed E-state index contributed by atoms with van der Waals surface area (Å²) in [7, 11) is 0. The van der Waals surface area contributed by atoms with E-state index in [4.69, 9.17) is 0 Å². The van der Waals surface area contributed by atoms with Crippen LogP contribution in [0, 0.1) is 13.8 Å². The molecule has 0 atom stereocenters. The quantitative estimate of drug-likeness (QED) is 0.919. The van der Waals surface area contributed by atoms with Crippen LogP contribution in [0.5, 0.6) is 0 Å². The van der Waals surface area contributed by atoms with E-state index in [1.54, 1.807) is 6.20 Å². The summed E-state index contributed by atoms with van der Waals surface area (Å²) in [5, 5.41) is 2.88. The SMILES string of the molecule is Cc1ccc(Br)cc1NC(=O)c1ncccc1C. The second-order valence-electron chi connectivity index (χ2n) is 4.08. The monoisotopic (exact) mass is 304 g/mol. The summed E-state index contributed by atoms with van der Waals surface area (Å²) >= 11 is 3.39. The smallest absolute Gasteiger partial charge is 0.274 e. The van der Waals surface area contributed by atoms with Gasteiger partial charge in [-0.25, -0.2) is 0 Å². The van der Waals surface area contributed by atoms with Gasteiger partial charge in [0.25, 0.3) is 5.91 Å². The number of nitrogens with one attached hydrogen (secondary N) is 1. The van der Waals surface area contributed by atoms with Crippen LogP contribution >= 0.6 is 15.9 Å². The molecule has 0 aliphatic carbocycles.